The second-order valence-electron chi connectivity index (χ2n) is 25.1. The highest BCUT2D eigenvalue weighted by Gasteiger charge is 2.22. The molecule has 2 atom stereocenters. The number of carbonyl (C=O) groups is 3. The van der Waals surface area contributed by atoms with E-state index in [2.05, 4.69) is 148 Å². The van der Waals surface area contributed by atoms with Crippen molar-refractivity contribution in [1.82, 2.24) is 0 Å². The topological polar surface area (TPSA) is 111 Å². The van der Waals surface area contributed by atoms with Gasteiger partial charge in [0.05, 0.1) is 40.3 Å². The van der Waals surface area contributed by atoms with Gasteiger partial charge in [0.1, 0.15) is 13.2 Å². The largest absolute Gasteiger partial charge is 0.545 e. The van der Waals surface area contributed by atoms with Crippen LogP contribution < -0.4 is 5.11 Å². The molecule has 508 valence electrons. The number of esters is 2. The first-order valence-corrected chi connectivity index (χ1v) is 36.3. The van der Waals surface area contributed by atoms with Gasteiger partial charge in [0, 0.05) is 12.8 Å². The molecule has 0 aromatic heterocycles. The second kappa shape index (κ2) is 69.3. The lowest BCUT2D eigenvalue weighted by Gasteiger charge is -2.26. The summed E-state index contributed by atoms with van der Waals surface area (Å²) >= 11 is 0. The van der Waals surface area contributed by atoms with Crippen LogP contribution in [0.3, 0.4) is 0 Å². The molecular weight excluding hydrogens is 1100 g/mol. The maximum Gasteiger partial charge on any atom is 0.306 e. The maximum absolute atomic E-state index is 12.9. The normalized spacial score (nSPS) is 13.5. The summed E-state index contributed by atoms with van der Waals surface area (Å²) in [6.45, 7) is 4.63. The maximum atomic E-state index is 12.9. The fourth-order valence-electron chi connectivity index (χ4n) is 9.86. The number of aliphatic carboxylic acids is 1. The fraction of sp³-hybridized carbons (Fsp3) is 0.688. The molecule has 0 heterocycles. The zero-order chi connectivity index (χ0) is 64.7. The standard InChI is InChI=1S/C80H135NO8/c1-6-8-10-12-14-16-18-20-22-24-26-28-30-32-33-34-35-36-37-38-39-40-41-42-43-44-45-47-49-51-53-55-57-59-61-63-65-67-69-71-78(83)89-76(75-88-80(79(84)85)86-73-72-81(3,4)5)74-87-77(82)70-68-66-64-62-60-58-56-54-52-50-48-46-31-29-27-25-23-21-19-17-15-13-11-9-7-2/h8,10,14,16,19-22,25-28,31-33,35-36,38-39,41-42,46,76,80H,6-7,9,11-13,15,17-18,23-24,29-30,34,37,40,43-45,47-75H2,1-5H3/b10-8-,16-14-,21-19-,22-20-,27-25-,28-26-,33-32-,36-35-,39-38-,42-41-,46-31-. The first-order chi connectivity index (χ1) is 43.6. The first kappa shape index (κ1) is 84.4. The number of carboxylic acids is 1. The molecule has 0 spiro atoms. The number of hydrogen-bond acceptors (Lipinski definition) is 8. The van der Waals surface area contributed by atoms with E-state index in [9.17, 15) is 19.5 Å². The average Bonchev–Trinajstić information content (AvgIpc) is 3.64. The zero-order valence-electron chi connectivity index (χ0n) is 58.0. The highest BCUT2D eigenvalue weighted by atomic mass is 16.7. The molecular formula is C80H135NO8. The van der Waals surface area contributed by atoms with Crippen LogP contribution in [-0.4, -0.2) is 82.3 Å². The van der Waals surface area contributed by atoms with E-state index in [4.69, 9.17) is 18.9 Å². The van der Waals surface area contributed by atoms with Crippen LogP contribution in [0.4, 0.5) is 0 Å². The van der Waals surface area contributed by atoms with Gasteiger partial charge in [0.2, 0.25) is 0 Å². The first-order valence-electron chi connectivity index (χ1n) is 36.3. The second-order valence-corrected chi connectivity index (χ2v) is 25.1. The van der Waals surface area contributed by atoms with Crippen LogP contribution >= 0.6 is 0 Å². The Balaban J connectivity index is 4.11. The van der Waals surface area contributed by atoms with Crippen LogP contribution in [0.1, 0.15) is 296 Å². The van der Waals surface area contributed by atoms with E-state index in [1.807, 2.05) is 21.1 Å². The van der Waals surface area contributed by atoms with Gasteiger partial charge >= 0.3 is 11.9 Å². The molecule has 0 rings (SSSR count). The number of ether oxygens (including phenoxy) is 4. The number of carbonyl (C=O) groups excluding carboxylic acids is 3. The molecule has 9 nitrogen and oxygen atoms in total. The molecule has 0 saturated carbocycles. The predicted molar refractivity (Wildman–Crippen MR) is 379 cm³/mol. The molecule has 0 aromatic carbocycles. The number of quaternary nitrogens is 1. The molecule has 0 saturated heterocycles. The summed E-state index contributed by atoms with van der Waals surface area (Å²) in [5.74, 6) is -2.29. The number of nitrogens with zero attached hydrogens (tertiary/aromatic N) is 1. The van der Waals surface area contributed by atoms with Crippen LogP contribution in [0.15, 0.2) is 134 Å². The van der Waals surface area contributed by atoms with E-state index in [0.29, 0.717) is 17.4 Å². The predicted octanol–water partition coefficient (Wildman–Crippen LogP) is 21.6. The Hall–Kier alpha value is -4.57. The van der Waals surface area contributed by atoms with Crippen LogP contribution in [0, 0.1) is 0 Å². The number of rotatable bonds is 66. The molecule has 0 aliphatic rings. The van der Waals surface area contributed by atoms with Crippen molar-refractivity contribution in [3.05, 3.63) is 134 Å². The SMILES string of the molecule is CC/C=C\C/C=C\C/C=C\C/C=C\C/C=C\C/C=C\C/C=C\C/C=C\CCCCCCCCCCCCCCCCC(=O)OC(COC(=O)CCCCCCCCCCCC/C=C\C/C=C\C/C=C\CCCCCCC)COC(OCC[N+](C)(C)C)C(=O)[O-]. The lowest BCUT2D eigenvalue weighted by atomic mass is 10.0. The van der Waals surface area contributed by atoms with Gasteiger partial charge in [-0.3, -0.25) is 9.59 Å². The summed E-state index contributed by atoms with van der Waals surface area (Å²) in [6, 6.07) is 0. The minimum Gasteiger partial charge on any atom is -0.545 e. The molecule has 9 heteroatoms. The molecule has 0 N–H and O–H groups in total. The van der Waals surface area contributed by atoms with Crippen LogP contribution in [0.2, 0.25) is 0 Å². The number of unbranched alkanes of at least 4 members (excludes halogenated alkanes) is 29. The van der Waals surface area contributed by atoms with Crippen LogP contribution in [0.25, 0.3) is 0 Å². The quantitative estimate of drug-likeness (QED) is 0.0195. The summed E-state index contributed by atoms with van der Waals surface area (Å²) in [7, 11) is 5.93. The minimum absolute atomic E-state index is 0.142. The van der Waals surface area contributed by atoms with Gasteiger partial charge in [0.25, 0.3) is 0 Å². The van der Waals surface area contributed by atoms with Crippen molar-refractivity contribution < 1.29 is 42.9 Å². The Bertz CT molecular complexity index is 1930. The van der Waals surface area contributed by atoms with Crippen LogP contribution in [-0.2, 0) is 33.3 Å². The van der Waals surface area contributed by atoms with Crippen LogP contribution in [0.5, 0.6) is 0 Å². The zero-order valence-corrected chi connectivity index (χ0v) is 58.0. The fourth-order valence-corrected chi connectivity index (χ4v) is 9.86. The van der Waals surface area contributed by atoms with Gasteiger partial charge in [-0.25, -0.2) is 0 Å². The summed E-state index contributed by atoms with van der Waals surface area (Å²) in [6.07, 6.45) is 96.7. The number of allylic oxidation sites excluding steroid dienone is 22. The van der Waals surface area contributed by atoms with Gasteiger partial charge in [-0.05, 0) is 116 Å². The van der Waals surface area contributed by atoms with E-state index >= 15 is 0 Å². The third kappa shape index (κ3) is 70.7. The van der Waals surface area contributed by atoms with Gasteiger partial charge in [0.15, 0.2) is 12.4 Å². The van der Waals surface area contributed by atoms with Crippen molar-refractivity contribution >= 4 is 17.9 Å². The third-order valence-corrected chi connectivity index (χ3v) is 15.4. The third-order valence-electron chi connectivity index (χ3n) is 15.4. The van der Waals surface area contributed by atoms with Crippen molar-refractivity contribution in [2.45, 2.75) is 309 Å². The highest BCUT2D eigenvalue weighted by molar-refractivity contribution is 5.70. The van der Waals surface area contributed by atoms with Gasteiger partial charge in [-0.1, -0.05) is 302 Å². The molecule has 0 radical (unpaired) electrons. The lowest BCUT2D eigenvalue weighted by molar-refractivity contribution is -0.870. The van der Waals surface area contributed by atoms with E-state index in [1.54, 1.807) is 0 Å². The van der Waals surface area contributed by atoms with Crippen molar-refractivity contribution in [2.75, 3.05) is 47.5 Å². The van der Waals surface area contributed by atoms with E-state index in [0.717, 1.165) is 103 Å². The molecule has 2 unspecified atom stereocenters. The summed E-state index contributed by atoms with van der Waals surface area (Å²) in [5, 5.41) is 11.8. The van der Waals surface area contributed by atoms with Gasteiger partial charge < -0.3 is 33.3 Å². The van der Waals surface area contributed by atoms with Crippen molar-refractivity contribution in [3.8, 4) is 0 Å². The average molecular weight is 1240 g/mol. The molecule has 0 aliphatic carbocycles. The molecule has 0 aromatic rings. The number of likely N-dealkylation sites (N-methyl/N-ethyl adjacent to an activating group) is 1. The molecule has 0 aliphatic heterocycles. The van der Waals surface area contributed by atoms with E-state index in [-0.39, 0.29) is 38.6 Å². The minimum atomic E-state index is -1.63. The smallest absolute Gasteiger partial charge is 0.306 e. The monoisotopic (exact) mass is 1240 g/mol. The molecule has 0 amide bonds. The Morgan fingerprint density at radius 2 is 0.640 bits per heavy atom. The highest BCUT2D eigenvalue weighted by Crippen LogP contribution is 2.17. The van der Waals surface area contributed by atoms with Gasteiger partial charge in [-0.2, -0.15) is 0 Å². The Labute approximate surface area is 548 Å². The van der Waals surface area contributed by atoms with Gasteiger partial charge in [-0.15, -0.1) is 0 Å². The van der Waals surface area contributed by atoms with E-state index in [1.165, 1.54) is 161 Å². The van der Waals surface area contributed by atoms with Crippen molar-refractivity contribution in [2.24, 2.45) is 0 Å². The molecule has 0 fully saturated rings. The number of hydrogen-bond donors (Lipinski definition) is 0. The lowest BCUT2D eigenvalue weighted by Crippen LogP contribution is -2.44. The Kier molecular flexibility index (Phi) is 65.8. The summed E-state index contributed by atoms with van der Waals surface area (Å²) in [5.41, 5.74) is 0. The van der Waals surface area contributed by atoms with Crippen molar-refractivity contribution in [1.29, 1.82) is 0 Å². The Morgan fingerprint density at radius 1 is 0.348 bits per heavy atom. The Morgan fingerprint density at radius 3 is 0.955 bits per heavy atom. The molecule has 0 bridgehead atoms. The summed E-state index contributed by atoms with van der Waals surface area (Å²) in [4.78, 5) is 37.5. The van der Waals surface area contributed by atoms with E-state index < -0.39 is 24.3 Å². The number of carboxylic acid groups (broad SMARTS) is 1. The van der Waals surface area contributed by atoms with Crippen molar-refractivity contribution in [3.63, 3.8) is 0 Å². The molecule has 89 heavy (non-hydrogen) atoms. The summed E-state index contributed by atoms with van der Waals surface area (Å²) < 4.78 is 22.8.